The van der Waals surface area contributed by atoms with Crippen molar-refractivity contribution in [2.24, 2.45) is 0 Å². The van der Waals surface area contributed by atoms with Crippen LogP contribution in [0.5, 0.6) is 0 Å². The molecule has 0 fully saturated rings. The number of nitrogens with zero attached hydrogens (tertiary/aromatic N) is 1. The smallest absolute Gasteiger partial charge is 0.272 e. The Morgan fingerprint density at radius 2 is 2.24 bits per heavy atom. The maximum atomic E-state index is 10.8. The summed E-state index contributed by atoms with van der Waals surface area (Å²) in [6, 6.07) is 5.35. The minimum Gasteiger partial charge on any atom is -0.300 e. The SMILES string of the molecule is CC#CCNC(C)c1ccc(C)c([N+](=O)[O-])c1. The first kappa shape index (κ1) is 13.2. The molecule has 1 aromatic carbocycles. The molecule has 0 radical (unpaired) electrons. The van der Waals surface area contributed by atoms with Gasteiger partial charge in [-0.2, -0.15) is 0 Å². The number of aryl methyl sites for hydroxylation is 1. The van der Waals surface area contributed by atoms with Gasteiger partial charge >= 0.3 is 0 Å². The summed E-state index contributed by atoms with van der Waals surface area (Å²) >= 11 is 0. The van der Waals surface area contributed by atoms with Crippen LogP contribution in [-0.4, -0.2) is 11.5 Å². The Morgan fingerprint density at radius 1 is 1.53 bits per heavy atom. The monoisotopic (exact) mass is 232 g/mol. The third-order valence-corrected chi connectivity index (χ3v) is 2.60. The van der Waals surface area contributed by atoms with E-state index in [1.165, 1.54) is 0 Å². The molecule has 0 saturated heterocycles. The third-order valence-electron chi connectivity index (χ3n) is 2.60. The molecule has 1 aromatic rings. The van der Waals surface area contributed by atoms with Crippen LogP contribution in [0.1, 0.15) is 31.0 Å². The molecule has 0 aliphatic heterocycles. The Kier molecular flexibility index (Phi) is 4.68. The summed E-state index contributed by atoms with van der Waals surface area (Å²) in [7, 11) is 0. The molecule has 17 heavy (non-hydrogen) atoms. The van der Waals surface area contributed by atoms with Crippen molar-refractivity contribution >= 4 is 5.69 Å². The Bertz CT molecular complexity index is 472. The molecular weight excluding hydrogens is 216 g/mol. The zero-order chi connectivity index (χ0) is 12.8. The molecule has 4 nitrogen and oxygen atoms in total. The molecule has 0 aliphatic rings. The number of hydrogen-bond donors (Lipinski definition) is 1. The largest absolute Gasteiger partial charge is 0.300 e. The van der Waals surface area contributed by atoms with Crippen molar-refractivity contribution in [3.05, 3.63) is 39.4 Å². The topological polar surface area (TPSA) is 55.2 Å². The molecule has 1 rings (SSSR count). The zero-order valence-corrected chi connectivity index (χ0v) is 10.3. The molecule has 0 aliphatic carbocycles. The van der Waals surface area contributed by atoms with Crippen LogP contribution >= 0.6 is 0 Å². The summed E-state index contributed by atoms with van der Waals surface area (Å²) in [4.78, 5) is 10.5. The van der Waals surface area contributed by atoms with Gasteiger partial charge in [-0.3, -0.25) is 15.4 Å². The van der Waals surface area contributed by atoms with Gasteiger partial charge in [0, 0.05) is 17.7 Å². The number of nitro groups is 1. The zero-order valence-electron chi connectivity index (χ0n) is 10.3. The standard InChI is InChI=1S/C13H16N2O2/c1-4-5-8-14-11(3)12-7-6-10(2)13(9-12)15(16)17/h6-7,9,11,14H,8H2,1-3H3. The predicted octanol–water partition coefficient (Wildman–Crippen LogP) is 2.58. The van der Waals surface area contributed by atoms with Crippen LogP contribution in [0.4, 0.5) is 5.69 Å². The van der Waals surface area contributed by atoms with E-state index in [2.05, 4.69) is 17.2 Å². The molecule has 0 spiro atoms. The van der Waals surface area contributed by atoms with Crippen LogP contribution in [0.15, 0.2) is 18.2 Å². The highest BCUT2D eigenvalue weighted by atomic mass is 16.6. The van der Waals surface area contributed by atoms with Crippen molar-refractivity contribution in [3.8, 4) is 11.8 Å². The van der Waals surface area contributed by atoms with Gasteiger partial charge < -0.3 is 0 Å². The van der Waals surface area contributed by atoms with E-state index in [9.17, 15) is 10.1 Å². The minimum atomic E-state index is -0.350. The van der Waals surface area contributed by atoms with Gasteiger partial charge in [0.15, 0.2) is 0 Å². The van der Waals surface area contributed by atoms with Crippen LogP contribution < -0.4 is 5.32 Å². The van der Waals surface area contributed by atoms with E-state index in [-0.39, 0.29) is 16.7 Å². The van der Waals surface area contributed by atoms with Crippen LogP contribution in [-0.2, 0) is 0 Å². The number of nitrogens with one attached hydrogen (secondary N) is 1. The van der Waals surface area contributed by atoms with Crippen molar-refractivity contribution < 1.29 is 4.92 Å². The fourth-order valence-corrected chi connectivity index (χ4v) is 1.50. The Morgan fingerprint density at radius 3 is 2.82 bits per heavy atom. The van der Waals surface area contributed by atoms with E-state index in [0.717, 1.165) is 5.56 Å². The highest BCUT2D eigenvalue weighted by Gasteiger charge is 2.13. The normalized spacial score (nSPS) is 11.5. The predicted molar refractivity (Wildman–Crippen MR) is 67.7 cm³/mol. The summed E-state index contributed by atoms with van der Waals surface area (Å²) in [5.74, 6) is 5.70. The van der Waals surface area contributed by atoms with Gasteiger partial charge in [0.05, 0.1) is 11.5 Å². The molecule has 0 aromatic heterocycles. The van der Waals surface area contributed by atoms with Crippen molar-refractivity contribution in [1.82, 2.24) is 5.32 Å². The molecule has 0 heterocycles. The van der Waals surface area contributed by atoms with Gasteiger partial charge in [-0.05, 0) is 26.3 Å². The highest BCUT2D eigenvalue weighted by molar-refractivity contribution is 5.43. The fraction of sp³-hybridized carbons (Fsp3) is 0.385. The van der Waals surface area contributed by atoms with Crippen LogP contribution in [0.3, 0.4) is 0 Å². The molecule has 1 unspecified atom stereocenters. The van der Waals surface area contributed by atoms with Crippen LogP contribution in [0.2, 0.25) is 0 Å². The minimum absolute atomic E-state index is 0.0511. The molecule has 1 N–H and O–H groups in total. The lowest BCUT2D eigenvalue weighted by atomic mass is 10.0. The van der Waals surface area contributed by atoms with Gasteiger partial charge in [-0.25, -0.2) is 0 Å². The van der Waals surface area contributed by atoms with E-state index >= 15 is 0 Å². The molecule has 0 bridgehead atoms. The molecule has 0 saturated carbocycles. The van der Waals surface area contributed by atoms with Crippen molar-refractivity contribution in [2.45, 2.75) is 26.8 Å². The maximum absolute atomic E-state index is 10.8. The lowest BCUT2D eigenvalue weighted by Gasteiger charge is -2.12. The van der Waals surface area contributed by atoms with E-state index in [4.69, 9.17) is 0 Å². The van der Waals surface area contributed by atoms with Gasteiger partial charge in [0.2, 0.25) is 0 Å². The Labute approximate surface area is 101 Å². The second-order valence-corrected chi connectivity index (χ2v) is 3.83. The summed E-state index contributed by atoms with van der Waals surface area (Å²) in [5.41, 5.74) is 1.75. The molecule has 0 amide bonds. The highest BCUT2D eigenvalue weighted by Crippen LogP contribution is 2.22. The third kappa shape index (κ3) is 3.58. The van der Waals surface area contributed by atoms with E-state index < -0.39 is 0 Å². The first-order valence-corrected chi connectivity index (χ1v) is 5.44. The summed E-state index contributed by atoms with van der Waals surface area (Å²) in [6.45, 7) is 6.07. The quantitative estimate of drug-likeness (QED) is 0.493. The van der Waals surface area contributed by atoms with Crippen LogP contribution in [0, 0.1) is 28.9 Å². The van der Waals surface area contributed by atoms with E-state index in [0.29, 0.717) is 12.1 Å². The van der Waals surface area contributed by atoms with Crippen molar-refractivity contribution in [1.29, 1.82) is 0 Å². The van der Waals surface area contributed by atoms with Gasteiger partial charge in [-0.15, -0.1) is 5.92 Å². The molecule has 4 heteroatoms. The molecule has 90 valence electrons. The number of nitro benzene ring substituents is 1. The summed E-state index contributed by atoms with van der Waals surface area (Å²) in [6.07, 6.45) is 0. The van der Waals surface area contributed by atoms with E-state index in [1.54, 1.807) is 26.0 Å². The van der Waals surface area contributed by atoms with E-state index in [1.807, 2.05) is 13.0 Å². The second-order valence-electron chi connectivity index (χ2n) is 3.83. The summed E-state index contributed by atoms with van der Waals surface area (Å²) in [5, 5.41) is 14.0. The molecular formula is C13H16N2O2. The average molecular weight is 232 g/mol. The fourth-order valence-electron chi connectivity index (χ4n) is 1.50. The number of hydrogen-bond acceptors (Lipinski definition) is 3. The first-order valence-electron chi connectivity index (χ1n) is 5.44. The van der Waals surface area contributed by atoms with Crippen LogP contribution in [0.25, 0.3) is 0 Å². The first-order chi connectivity index (χ1) is 8.06. The number of benzene rings is 1. The molecule has 1 atom stereocenters. The number of rotatable bonds is 4. The van der Waals surface area contributed by atoms with Gasteiger partial charge in [0.25, 0.3) is 5.69 Å². The second kappa shape index (κ2) is 6.02. The Balaban J connectivity index is 2.86. The average Bonchev–Trinajstić information content (AvgIpc) is 2.29. The van der Waals surface area contributed by atoms with Crippen molar-refractivity contribution in [2.75, 3.05) is 6.54 Å². The lowest BCUT2D eigenvalue weighted by Crippen LogP contribution is -2.18. The Hall–Kier alpha value is -1.86. The van der Waals surface area contributed by atoms with Gasteiger partial charge in [-0.1, -0.05) is 18.1 Å². The maximum Gasteiger partial charge on any atom is 0.272 e. The van der Waals surface area contributed by atoms with Gasteiger partial charge in [0.1, 0.15) is 0 Å². The van der Waals surface area contributed by atoms with Crippen molar-refractivity contribution in [3.63, 3.8) is 0 Å². The lowest BCUT2D eigenvalue weighted by molar-refractivity contribution is -0.385. The summed E-state index contributed by atoms with van der Waals surface area (Å²) < 4.78 is 0.